The molecule has 1 fully saturated rings. The minimum Gasteiger partial charge on any atom is -0.394 e. The number of halogens is 1. The molecule has 0 radical (unpaired) electrons. The molecule has 9 nitrogen and oxygen atoms in total. The second-order valence-corrected chi connectivity index (χ2v) is 6.55. The molecular weight excluding hydrogens is 374 g/mol. The van der Waals surface area contributed by atoms with Gasteiger partial charge in [-0.3, -0.25) is 4.57 Å². The molecule has 1 saturated heterocycles. The summed E-state index contributed by atoms with van der Waals surface area (Å²) < 4.78 is 12.8. The van der Waals surface area contributed by atoms with Crippen LogP contribution in [0.5, 0.6) is 0 Å². The summed E-state index contributed by atoms with van der Waals surface area (Å²) in [7, 11) is 1.48. The molecule has 27 heavy (non-hydrogen) atoms. The van der Waals surface area contributed by atoms with E-state index in [1.807, 2.05) is 12.1 Å². The van der Waals surface area contributed by atoms with Gasteiger partial charge >= 0.3 is 0 Å². The fourth-order valence-electron chi connectivity index (χ4n) is 3.15. The van der Waals surface area contributed by atoms with Crippen LogP contribution in [-0.4, -0.2) is 61.8 Å². The van der Waals surface area contributed by atoms with Gasteiger partial charge in [0, 0.05) is 17.8 Å². The lowest BCUT2D eigenvalue weighted by atomic mass is 10.1. The van der Waals surface area contributed by atoms with E-state index in [-0.39, 0.29) is 6.61 Å². The maximum absolute atomic E-state index is 10.3. The minimum absolute atomic E-state index is 0.317. The molecule has 0 aliphatic carbocycles. The fraction of sp³-hybridized carbons (Fsp3) is 0.353. The zero-order valence-electron chi connectivity index (χ0n) is 14.4. The van der Waals surface area contributed by atoms with E-state index >= 15 is 0 Å². The number of hydrogen-bond acceptors (Lipinski definition) is 8. The molecule has 3 aromatic rings. The predicted octanol–water partition coefficient (Wildman–Crippen LogP) is 1.49. The number of aliphatic hydroxyl groups is 2. The maximum atomic E-state index is 10.3. The first-order valence-electron chi connectivity index (χ1n) is 8.29. The van der Waals surface area contributed by atoms with Crippen molar-refractivity contribution < 1.29 is 19.7 Å². The Balaban J connectivity index is 1.69. The molecule has 0 saturated carbocycles. The van der Waals surface area contributed by atoms with Gasteiger partial charge in [-0.1, -0.05) is 11.6 Å². The number of aromatic nitrogens is 4. The third-order valence-electron chi connectivity index (χ3n) is 4.50. The Labute approximate surface area is 159 Å². The van der Waals surface area contributed by atoms with Crippen LogP contribution in [0.1, 0.15) is 6.23 Å². The molecule has 1 aromatic carbocycles. The number of aliphatic hydroxyl groups excluding tert-OH is 2. The molecule has 142 valence electrons. The van der Waals surface area contributed by atoms with Gasteiger partial charge in [0.2, 0.25) is 0 Å². The smallest absolute Gasteiger partial charge is 0.167 e. The normalized spacial score (nSPS) is 25.2. The summed E-state index contributed by atoms with van der Waals surface area (Å²) in [6.45, 7) is -0.317. The topological polar surface area (TPSA) is 115 Å². The Kier molecular flexibility index (Phi) is 4.94. The molecule has 0 amide bonds. The van der Waals surface area contributed by atoms with Crippen LogP contribution in [0, 0.1) is 0 Å². The molecule has 10 heteroatoms. The highest BCUT2D eigenvalue weighted by Gasteiger charge is 2.45. The van der Waals surface area contributed by atoms with E-state index in [1.54, 1.807) is 23.0 Å². The van der Waals surface area contributed by atoms with Gasteiger partial charge in [-0.2, -0.15) is 0 Å². The van der Waals surface area contributed by atoms with E-state index in [0.717, 1.165) is 5.69 Å². The Hall–Kier alpha value is -2.30. The molecule has 3 heterocycles. The molecule has 4 rings (SSSR count). The Bertz CT molecular complexity index is 935. The summed E-state index contributed by atoms with van der Waals surface area (Å²) in [6.07, 6.45) is -0.0835. The summed E-state index contributed by atoms with van der Waals surface area (Å²) in [4.78, 5) is 12.9. The van der Waals surface area contributed by atoms with E-state index in [4.69, 9.17) is 21.1 Å². The van der Waals surface area contributed by atoms with Gasteiger partial charge in [0.25, 0.3) is 0 Å². The second kappa shape index (κ2) is 7.37. The van der Waals surface area contributed by atoms with E-state index in [0.29, 0.717) is 22.0 Å². The summed E-state index contributed by atoms with van der Waals surface area (Å²) in [5.74, 6) is 0.521. The highest BCUT2D eigenvalue weighted by atomic mass is 35.5. The highest BCUT2D eigenvalue weighted by Crippen LogP contribution is 2.34. The lowest BCUT2D eigenvalue weighted by Gasteiger charge is -2.19. The van der Waals surface area contributed by atoms with Crippen molar-refractivity contribution in [3.05, 3.63) is 41.9 Å². The van der Waals surface area contributed by atoms with Gasteiger partial charge < -0.3 is 25.0 Å². The summed E-state index contributed by atoms with van der Waals surface area (Å²) in [5.41, 5.74) is 1.85. The van der Waals surface area contributed by atoms with Crippen molar-refractivity contribution in [1.29, 1.82) is 0 Å². The average Bonchev–Trinajstić information content (AvgIpc) is 3.24. The number of hydrogen-bond donors (Lipinski definition) is 3. The van der Waals surface area contributed by atoms with Crippen molar-refractivity contribution in [2.45, 2.75) is 24.5 Å². The number of nitrogens with one attached hydrogen (secondary N) is 1. The number of rotatable bonds is 5. The monoisotopic (exact) mass is 391 g/mol. The molecule has 0 unspecified atom stereocenters. The van der Waals surface area contributed by atoms with Crippen LogP contribution in [-0.2, 0) is 9.47 Å². The van der Waals surface area contributed by atoms with E-state index in [9.17, 15) is 10.2 Å². The first-order valence-corrected chi connectivity index (χ1v) is 8.67. The zero-order chi connectivity index (χ0) is 19.0. The van der Waals surface area contributed by atoms with Crippen LogP contribution in [0.4, 0.5) is 11.5 Å². The molecule has 4 atom stereocenters. The van der Waals surface area contributed by atoms with Gasteiger partial charge in [-0.15, -0.1) is 0 Å². The van der Waals surface area contributed by atoms with Crippen molar-refractivity contribution in [2.75, 3.05) is 19.0 Å². The fourth-order valence-corrected chi connectivity index (χ4v) is 3.27. The SMILES string of the molecule is CO[C@@H]1[C@H](O)[C@@H](CO)O[C@H]1n1cnc2c(Nc3ccc(Cl)cc3)ncnc21. The van der Waals surface area contributed by atoms with Crippen molar-refractivity contribution in [3.63, 3.8) is 0 Å². The molecule has 1 aliphatic heterocycles. The lowest BCUT2D eigenvalue weighted by molar-refractivity contribution is -0.0583. The molecule has 0 spiro atoms. The quantitative estimate of drug-likeness (QED) is 0.599. The van der Waals surface area contributed by atoms with Crippen LogP contribution in [0.25, 0.3) is 11.2 Å². The zero-order valence-corrected chi connectivity index (χ0v) is 15.1. The van der Waals surface area contributed by atoms with Crippen LogP contribution < -0.4 is 5.32 Å². The summed E-state index contributed by atoms with van der Waals surface area (Å²) in [6, 6.07) is 7.20. The third-order valence-corrected chi connectivity index (χ3v) is 4.76. The van der Waals surface area contributed by atoms with Gasteiger partial charge in [0.1, 0.15) is 24.6 Å². The number of ether oxygens (including phenoxy) is 2. The van der Waals surface area contributed by atoms with Crippen LogP contribution in [0.2, 0.25) is 5.02 Å². The van der Waals surface area contributed by atoms with Crippen LogP contribution in [0.15, 0.2) is 36.9 Å². The van der Waals surface area contributed by atoms with Gasteiger partial charge in [-0.25, -0.2) is 15.0 Å². The molecule has 1 aliphatic rings. The average molecular weight is 392 g/mol. The largest absolute Gasteiger partial charge is 0.394 e. The summed E-state index contributed by atoms with van der Waals surface area (Å²) in [5, 5.41) is 23.5. The minimum atomic E-state index is -0.962. The van der Waals surface area contributed by atoms with Crippen molar-refractivity contribution >= 4 is 34.3 Å². The van der Waals surface area contributed by atoms with E-state index in [1.165, 1.54) is 13.4 Å². The molecule has 2 aromatic heterocycles. The Morgan fingerprint density at radius 2 is 2.04 bits per heavy atom. The number of nitrogens with zero attached hydrogens (tertiary/aromatic N) is 4. The third kappa shape index (κ3) is 3.24. The molecular formula is C17H18ClN5O4. The summed E-state index contributed by atoms with van der Waals surface area (Å²) >= 11 is 5.92. The van der Waals surface area contributed by atoms with E-state index in [2.05, 4.69) is 20.3 Å². The Morgan fingerprint density at radius 1 is 1.26 bits per heavy atom. The van der Waals surface area contributed by atoms with Crippen molar-refractivity contribution in [3.8, 4) is 0 Å². The lowest BCUT2D eigenvalue weighted by Crippen LogP contribution is -2.34. The number of anilines is 2. The van der Waals surface area contributed by atoms with Gasteiger partial charge in [-0.05, 0) is 24.3 Å². The van der Waals surface area contributed by atoms with Crippen molar-refractivity contribution in [2.24, 2.45) is 0 Å². The standard InChI is InChI=1S/C17H18ClN5O4/c1-26-14-13(25)11(6-24)27-17(14)23-8-21-12-15(19-7-20-16(12)23)22-10-4-2-9(18)3-5-10/h2-5,7-8,11,13-14,17,24-25H,6H2,1H3,(H,19,20,22)/t11-,13-,14-,17-/m1/s1. The predicted molar refractivity (Wildman–Crippen MR) is 97.9 cm³/mol. The van der Waals surface area contributed by atoms with Gasteiger partial charge in [0.15, 0.2) is 23.2 Å². The van der Waals surface area contributed by atoms with Gasteiger partial charge in [0.05, 0.1) is 12.9 Å². The number of fused-ring (bicyclic) bond motifs is 1. The van der Waals surface area contributed by atoms with Crippen molar-refractivity contribution in [1.82, 2.24) is 19.5 Å². The number of benzene rings is 1. The van der Waals surface area contributed by atoms with E-state index < -0.39 is 24.5 Å². The first-order chi connectivity index (χ1) is 13.1. The highest BCUT2D eigenvalue weighted by molar-refractivity contribution is 6.30. The second-order valence-electron chi connectivity index (χ2n) is 6.12. The molecule has 3 N–H and O–H groups in total. The maximum Gasteiger partial charge on any atom is 0.167 e. The molecule has 0 bridgehead atoms. The van der Waals surface area contributed by atoms with Crippen LogP contribution >= 0.6 is 11.6 Å². The first kappa shape index (κ1) is 18.1. The van der Waals surface area contributed by atoms with Crippen LogP contribution in [0.3, 0.4) is 0 Å². The number of imidazole rings is 1. The number of methoxy groups -OCH3 is 1. The Morgan fingerprint density at radius 3 is 2.74 bits per heavy atom.